The standard InChI is InChI=1S/C11H24N2O2/c1-7(14)11(5,6)13-9(15)8(12)10(2,3)4/h7-8,14H,12H2,1-6H3,(H,13,15)/t7?,8-/m0/s1. The van der Waals surface area contributed by atoms with E-state index in [0.717, 1.165) is 0 Å². The second-order valence-corrected chi connectivity index (χ2v) is 5.73. The van der Waals surface area contributed by atoms with Crippen LogP contribution in [0.1, 0.15) is 41.5 Å². The minimum absolute atomic E-state index is 0.228. The minimum Gasteiger partial charge on any atom is -0.391 e. The van der Waals surface area contributed by atoms with Gasteiger partial charge in [0.25, 0.3) is 0 Å². The summed E-state index contributed by atoms with van der Waals surface area (Å²) in [6, 6.07) is -0.574. The molecule has 0 aromatic carbocycles. The Labute approximate surface area is 92.2 Å². The van der Waals surface area contributed by atoms with E-state index in [2.05, 4.69) is 5.32 Å². The zero-order valence-electron chi connectivity index (χ0n) is 10.6. The SMILES string of the molecule is CC(O)C(C)(C)NC(=O)[C@H](N)C(C)(C)C. The maximum Gasteiger partial charge on any atom is 0.237 e. The van der Waals surface area contributed by atoms with Crippen molar-refractivity contribution in [2.24, 2.45) is 11.1 Å². The Bertz CT molecular complexity index is 229. The molecule has 90 valence electrons. The summed E-state index contributed by atoms with van der Waals surface area (Å²) >= 11 is 0. The predicted octanol–water partition coefficient (Wildman–Crippen LogP) is 0.635. The molecule has 0 radical (unpaired) electrons. The van der Waals surface area contributed by atoms with E-state index >= 15 is 0 Å². The molecule has 0 saturated heterocycles. The molecule has 0 rings (SSSR count). The van der Waals surface area contributed by atoms with Crippen molar-refractivity contribution in [3.63, 3.8) is 0 Å². The average Bonchev–Trinajstić information content (AvgIpc) is 2.00. The number of carbonyl (C=O) groups is 1. The van der Waals surface area contributed by atoms with Gasteiger partial charge in [-0.25, -0.2) is 0 Å². The Morgan fingerprint density at radius 2 is 1.67 bits per heavy atom. The average molecular weight is 216 g/mol. The predicted molar refractivity (Wildman–Crippen MR) is 61.3 cm³/mol. The number of amides is 1. The first-order valence-corrected chi connectivity index (χ1v) is 5.24. The Balaban J connectivity index is 4.51. The van der Waals surface area contributed by atoms with Crippen LogP contribution in [0.3, 0.4) is 0 Å². The van der Waals surface area contributed by atoms with Crippen LogP contribution in [0.5, 0.6) is 0 Å². The number of aliphatic hydroxyl groups excluding tert-OH is 1. The van der Waals surface area contributed by atoms with Gasteiger partial charge in [0, 0.05) is 0 Å². The van der Waals surface area contributed by atoms with Crippen LogP contribution in [0, 0.1) is 5.41 Å². The Morgan fingerprint density at radius 3 is 1.93 bits per heavy atom. The Kier molecular flexibility index (Phi) is 4.31. The van der Waals surface area contributed by atoms with E-state index in [1.165, 1.54) is 0 Å². The van der Waals surface area contributed by atoms with Gasteiger partial charge in [-0.2, -0.15) is 0 Å². The molecule has 0 bridgehead atoms. The summed E-state index contributed by atoms with van der Waals surface area (Å²) in [4.78, 5) is 11.8. The van der Waals surface area contributed by atoms with Gasteiger partial charge < -0.3 is 16.2 Å². The van der Waals surface area contributed by atoms with Crippen molar-refractivity contribution < 1.29 is 9.90 Å². The normalized spacial score (nSPS) is 17.1. The van der Waals surface area contributed by atoms with E-state index in [4.69, 9.17) is 5.73 Å². The number of rotatable bonds is 3. The molecular weight excluding hydrogens is 192 g/mol. The molecule has 0 aliphatic rings. The van der Waals surface area contributed by atoms with Crippen LogP contribution >= 0.6 is 0 Å². The van der Waals surface area contributed by atoms with Gasteiger partial charge in [-0.1, -0.05) is 20.8 Å². The highest BCUT2D eigenvalue weighted by atomic mass is 16.3. The van der Waals surface area contributed by atoms with Crippen LogP contribution in [0.4, 0.5) is 0 Å². The highest BCUT2D eigenvalue weighted by Gasteiger charge is 2.33. The zero-order chi connectivity index (χ0) is 12.4. The minimum atomic E-state index is -0.653. The van der Waals surface area contributed by atoms with Gasteiger partial charge in [-0.3, -0.25) is 4.79 Å². The molecule has 0 aromatic rings. The number of hydrogen-bond donors (Lipinski definition) is 3. The first-order valence-electron chi connectivity index (χ1n) is 5.24. The Morgan fingerprint density at radius 1 is 1.27 bits per heavy atom. The van der Waals surface area contributed by atoms with Gasteiger partial charge in [-0.15, -0.1) is 0 Å². The summed E-state index contributed by atoms with van der Waals surface area (Å²) in [6.07, 6.45) is -0.617. The molecule has 4 heteroatoms. The number of carbonyl (C=O) groups excluding carboxylic acids is 1. The second kappa shape index (κ2) is 4.49. The van der Waals surface area contributed by atoms with Crippen LogP contribution in [0.15, 0.2) is 0 Å². The summed E-state index contributed by atoms with van der Waals surface area (Å²) in [6.45, 7) is 10.9. The Hall–Kier alpha value is -0.610. The van der Waals surface area contributed by atoms with Crippen LogP contribution in [0.2, 0.25) is 0 Å². The molecule has 0 aliphatic carbocycles. The fraction of sp³-hybridized carbons (Fsp3) is 0.909. The van der Waals surface area contributed by atoms with Crippen molar-refractivity contribution in [1.29, 1.82) is 0 Å². The smallest absolute Gasteiger partial charge is 0.237 e. The van der Waals surface area contributed by atoms with E-state index in [0.29, 0.717) is 0 Å². The molecule has 15 heavy (non-hydrogen) atoms. The van der Waals surface area contributed by atoms with Crippen molar-refractivity contribution in [1.82, 2.24) is 5.32 Å². The molecule has 0 aromatic heterocycles. The highest BCUT2D eigenvalue weighted by molar-refractivity contribution is 5.83. The second-order valence-electron chi connectivity index (χ2n) is 5.73. The third-order valence-corrected chi connectivity index (χ3v) is 2.71. The number of aliphatic hydroxyl groups is 1. The van der Waals surface area contributed by atoms with Crippen LogP contribution in [-0.2, 0) is 4.79 Å². The molecule has 2 atom stereocenters. The third-order valence-electron chi connectivity index (χ3n) is 2.71. The maximum absolute atomic E-state index is 11.8. The largest absolute Gasteiger partial charge is 0.391 e. The summed E-state index contributed by atoms with van der Waals surface area (Å²) < 4.78 is 0. The molecular formula is C11H24N2O2. The molecule has 1 unspecified atom stereocenters. The molecule has 0 heterocycles. The van der Waals surface area contributed by atoms with Crippen molar-refractivity contribution in [3.05, 3.63) is 0 Å². The number of nitrogens with two attached hydrogens (primary N) is 1. The van der Waals surface area contributed by atoms with Gasteiger partial charge in [-0.05, 0) is 26.2 Å². The summed E-state index contributed by atoms with van der Waals surface area (Å²) in [7, 11) is 0. The molecule has 1 amide bonds. The van der Waals surface area contributed by atoms with Crippen LogP contribution in [0.25, 0.3) is 0 Å². The van der Waals surface area contributed by atoms with E-state index in [1.54, 1.807) is 20.8 Å². The van der Waals surface area contributed by atoms with E-state index in [-0.39, 0.29) is 11.3 Å². The third kappa shape index (κ3) is 4.18. The van der Waals surface area contributed by atoms with Gasteiger partial charge in [0.05, 0.1) is 17.7 Å². The molecule has 4 N–H and O–H groups in total. The molecule has 4 nitrogen and oxygen atoms in total. The highest BCUT2D eigenvalue weighted by Crippen LogP contribution is 2.18. The quantitative estimate of drug-likeness (QED) is 0.648. The van der Waals surface area contributed by atoms with Crippen LogP contribution in [-0.4, -0.2) is 28.7 Å². The van der Waals surface area contributed by atoms with Crippen molar-refractivity contribution in [2.75, 3.05) is 0 Å². The van der Waals surface area contributed by atoms with Gasteiger partial charge in [0.15, 0.2) is 0 Å². The maximum atomic E-state index is 11.8. The van der Waals surface area contributed by atoms with Gasteiger partial charge in [0.1, 0.15) is 0 Å². The fourth-order valence-corrected chi connectivity index (χ4v) is 0.893. The van der Waals surface area contributed by atoms with Crippen LogP contribution < -0.4 is 11.1 Å². The number of nitrogens with one attached hydrogen (secondary N) is 1. The van der Waals surface area contributed by atoms with Crippen molar-refractivity contribution in [3.8, 4) is 0 Å². The topological polar surface area (TPSA) is 75.3 Å². The van der Waals surface area contributed by atoms with Gasteiger partial charge in [0.2, 0.25) is 5.91 Å². The zero-order valence-corrected chi connectivity index (χ0v) is 10.6. The van der Waals surface area contributed by atoms with Crippen molar-refractivity contribution >= 4 is 5.91 Å². The monoisotopic (exact) mass is 216 g/mol. The molecule has 0 aliphatic heterocycles. The summed E-state index contributed by atoms with van der Waals surface area (Å²) in [5.74, 6) is -0.228. The van der Waals surface area contributed by atoms with Crippen molar-refractivity contribution in [2.45, 2.75) is 59.2 Å². The first kappa shape index (κ1) is 14.4. The van der Waals surface area contributed by atoms with E-state index < -0.39 is 17.7 Å². The summed E-state index contributed by atoms with van der Waals surface area (Å²) in [5.41, 5.74) is 4.88. The first-order chi connectivity index (χ1) is 6.48. The lowest BCUT2D eigenvalue weighted by Gasteiger charge is -2.33. The fourth-order valence-electron chi connectivity index (χ4n) is 0.893. The lowest BCUT2D eigenvalue weighted by Crippen LogP contribution is -2.58. The lowest BCUT2D eigenvalue weighted by molar-refractivity contribution is -0.127. The number of hydrogen-bond acceptors (Lipinski definition) is 3. The van der Waals surface area contributed by atoms with Gasteiger partial charge >= 0.3 is 0 Å². The lowest BCUT2D eigenvalue weighted by atomic mass is 9.86. The van der Waals surface area contributed by atoms with E-state index in [1.807, 2.05) is 20.8 Å². The van der Waals surface area contributed by atoms with E-state index in [9.17, 15) is 9.90 Å². The molecule has 0 fully saturated rings. The molecule has 0 spiro atoms. The summed E-state index contributed by atoms with van der Waals surface area (Å²) in [5, 5.41) is 12.2. The molecule has 0 saturated carbocycles.